The minimum Gasteiger partial charge on any atom is -0.388 e. The van der Waals surface area contributed by atoms with Gasteiger partial charge in [-0.05, 0) is 26.3 Å². The van der Waals surface area contributed by atoms with Crippen molar-refractivity contribution in [1.29, 1.82) is 0 Å². The number of piperidine rings is 1. The van der Waals surface area contributed by atoms with Gasteiger partial charge in [-0.25, -0.2) is 0 Å². The van der Waals surface area contributed by atoms with E-state index in [1.54, 1.807) is 6.92 Å². The maximum Gasteiger partial charge on any atom is 0.111 e. The maximum atomic E-state index is 9.69. The molecule has 2 saturated heterocycles. The summed E-state index contributed by atoms with van der Waals surface area (Å²) in [6.07, 6.45) is 0.0494. The Balaban J connectivity index is 0.00000144. The predicted molar refractivity (Wildman–Crippen MR) is 65.4 cm³/mol. The molecule has 2 heterocycles. The summed E-state index contributed by atoms with van der Waals surface area (Å²) in [6.45, 7) is 4.03. The van der Waals surface area contributed by atoms with Crippen LogP contribution in [0.1, 0.15) is 19.8 Å². The molecule has 0 aromatic rings. The minimum atomic E-state index is -0.827. The third-order valence-corrected chi connectivity index (χ3v) is 3.35. The average Bonchev–Trinajstić information content (AvgIpc) is 2.56. The first-order chi connectivity index (χ1) is 7.68. The highest BCUT2D eigenvalue weighted by molar-refractivity contribution is 5.85. The first-order valence-corrected chi connectivity index (χ1v) is 6.02. The molecule has 0 spiro atoms. The zero-order chi connectivity index (χ0) is 11.5. The topological polar surface area (TPSA) is 71.0 Å². The molecule has 5 atom stereocenters. The Morgan fingerprint density at radius 2 is 2.12 bits per heavy atom. The third-order valence-electron chi connectivity index (χ3n) is 3.35. The lowest BCUT2D eigenvalue weighted by atomic mass is 10.1. The van der Waals surface area contributed by atoms with Crippen molar-refractivity contribution in [2.45, 2.75) is 50.3 Å². The number of ether oxygens (including phenoxy) is 2. The number of rotatable bonds is 3. The lowest BCUT2D eigenvalue weighted by molar-refractivity contribution is -0.0669. The van der Waals surface area contributed by atoms with Crippen LogP contribution in [0.5, 0.6) is 0 Å². The molecule has 0 radical (unpaired) electrons. The van der Waals surface area contributed by atoms with Gasteiger partial charge < -0.3 is 25.0 Å². The Morgan fingerprint density at radius 3 is 2.65 bits per heavy atom. The summed E-state index contributed by atoms with van der Waals surface area (Å²) in [5.74, 6) is 0. The highest BCUT2D eigenvalue weighted by atomic mass is 35.5. The fourth-order valence-corrected chi connectivity index (χ4v) is 2.27. The van der Waals surface area contributed by atoms with Gasteiger partial charge >= 0.3 is 0 Å². The Hall–Kier alpha value is 0.0900. The molecule has 0 aliphatic carbocycles. The fourth-order valence-electron chi connectivity index (χ4n) is 2.27. The van der Waals surface area contributed by atoms with Crippen LogP contribution in [0.15, 0.2) is 0 Å². The monoisotopic (exact) mass is 267 g/mol. The average molecular weight is 268 g/mol. The van der Waals surface area contributed by atoms with Crippen molar-refractivity contribution in [2.75, 3.05) is 19.7 Å². The molecular formula is C11H22ClNO4. The van der Waals surface area contributed by atoms with E-state index in [0.717, 1.165) is 25.9 Å². The van der Waals surface area contributed by atoms with E-state index in [-0.39, 0.29) is 24.6 Å². The molecule has 2 aliphatic rings. The van der Waals surface area contributed by atoms with Gasteiger partial charge in [-0.2, -0.15) is 0 Å². The van der Waals surface area contributed by atoms with Crippen molar-refractivity contribution in [3.63, 3.8) is 0 Å². The second-order valence-corrected chi connectivity index (χ2v) is 4.66. The molecule has 2 rings (SSSR count). The molecule has 2 aliphatic heterocycles. The number of halogens is 1. The largest absolute Gasteiger partial charge is 0.388 e. The second kappa shape index (κ2) is 6.87. The number of aliphatic hydroxyl groups excluding tert-OH is 2. The van der Waals surface area contributed by atoms with Crippen LogP contribution in [0.2, 0.25) is 0 Å². The molecule has 0 aromatic carbocycles. The maximum absolute atomic E-state index is 9.69. The molecule has 0 saturated carbocycles. The van der Waals surface area contributed by atoms with Crippen molar-refractivity contribution >= 4 is 12.4 Å². The smallest absolute Gasteiger partial charge is 0.111 e. The van der Waals surface area contributed by atoms with Gasteiger partial charge in [0.15, 0.2) is 0 Å². The normalized spacial score (nSPS) is 42.2. The summed E-state index contributed by atoms with van der Waals surface area (Å²) in [6, 6.07) is 0. The van der Waals surface area contributed by atoms with Crippen LogP contribution < -0.4 is 5.32 Å². The van der Waals surface area contributed by atoms with Gasteiger partial charge in [0.2, 0.25) is 0 Å². The van der Waals surface area contributed by atoms with Crippen molar-refractivity contribution in [3.05, 3.63) is 0 Å². The lowest BCUT2D eigenvalue weighted by Crippen LogP contribution is -2.39. The number of aliphatic hydroxyl groups is 2. The summed E-state index contributed by atoms with van der Waals surface area (Å²) < 4.78 is 11.1. The Kier molecular flexibility index (Phi) is 6.12. The van der Waals surface area contributed by atoms with Gasteiger partial charge in [0.25, 0.3) is 0 Å². The van der Waals surface area contributed by atoms with Gasteiger partial charge in [-0.15, -0.1) is 12.4 Å². The number of hydrogen-bond acceptors (Lipinski definition) is 5. The van der Waals surface area contributed by atoms with Gasteiger partial charge in [0.1, 0.15) is 18.3 Å². The first kappa shape index (κ1) is 15.1. The van der Waals surface area contributed by atoms with Crippen LogP contribution in [-0.4, -0.2) is 60.4 Å². The molecule has 0 aromatic heterocycles. The van der Waals surface area contributed by atoms with Gasteiger partial charge in [-0.1, -0.05) is 0 Å². The molecule has 5 nitrogen and oxygen atoms in total. The molecule has 17 heavy (non-hydrogen) atoms. The van der Waals surface area contributed by atoms with Crippen LogP contribution in [0, 0.1) is 0 Å². The van der Waals surface area contributed by atoms with Crippen LogP contribution in [0.25, 0.3) is 0 Å². The van der Waals surface area contributed by atoms with Crippen LogP contribution in [0.3, 0.4) is 0 Å². The van der Waals surface area contributed by atoms with Crippen molar-refractivity contribution < 1.29 is 19.7 Å². The predicted octanol–water partition coefficient (Wildman–Crippen LogP) is -0.314. The van der Waals surface area contributed by atoms with E-state index in [0.29, 0.717) is 6.61 Å². The molecule has 2 fully saturated rings. The Labute approximate surface area is 108 Å². The molecule has 0 amide bonds. The summed E-state index contributed by atoms with van der Waals surface area (Å²) in [7, 11) is 0. The van der Waals surface area contributed by atoms with Crippen molar-refractivity contribution in [3.8, 4) is 0 Å². The molecule has 3 N–H and O–H groups in total. The summed E-state index contributed by atoms with van der Waals surface area (Å²) in [5, 5.41) is 22.5. The highest BCUT2D eigenvalue weighted by Gasteiger charge is 2.40. The first-order valence-electron chi connectivity index (χ1n) is 6.02. The summed E-state index contributed by atoms with van der Waals surface area (Å²) in [5.41, 5.74) is 0. The second-order valence-electron chi connectivity index (χ2n) is 4.66. The number of nitrogens with one attached hydrogen (secondary N) is 1. The molecule has 102 valence electrons. The summed E-state index contributed by atoms with van der Waals surface area (Å²) in [4.78, 5) is 0. The van der Waals surface area contributed by atoms with Crippen LogP contribution in [0.4, 0.5) is 0 Å². The Morgan fingerprint density at radius 1 is 1.35 bits per heavy atom. The zero-order valence-corrected chi connectivity index (χ0v) is 10.9. The SMILES string of the molecule is CC1OC(COC2CCCNC2)C(O)C1O.Cl. The Bertz CT molecular complexity index is 226. The summed E-state index contributed by atoms with van der Waals surface area (Å²) >= 11 is 0. The van der Waals surface area contributed by atoms with Crippen molar-refractivity contribution in [1.82, 2.24) is 5.32 Å². The van der Waals surface area contributed by atoms with E-state index < -0.39 is 18.3 Å². The van der Waals surface area contributed by atoms with Crippen molar-refractivity contribution in [2.24, 2.45) is 0 Å². The molecular weight excluding hydrogens is 246 g/mol. The fraction of sp³-hybridized carbons (Fsp3) is 1.00. The van der Waals surface area contributed by atoms with E-state index in [4.69, 9.17) is 9.47 Å². The highest BCUT2D eigenvalue weighted by Crippen LogP contribution is 2.21. The van der Waals surface area contributed by atoms with E-state index in [1.165, 1.54) is 0 Å². The van der Waals surface area contributed by atoms with E-state index in [2.05, 4.69) is 5.32 Å². The number of hydrogen-bond donors (Lipinski definition) is 3. The molecule has 6 heteroatoms. The van der Waals surface area contributed by atoms with E-state index in [1.807, 2.05) is 0 Å². The van der Waals surface area contributed by atoms with E-state index in [9.17, 15) is 10.2 Å². The lowest BCUT2D eigenvalue weighted by Gasteiger charge is -2.25. The quantitative estimate of drug-likeness (QED) is 0.654. The standard InChI is InChI=1S/C11H21NO4.ClH/c1-7-10(13)11(14)9(16-7)6-15-8-3-2-4-12-5-8;/h7-14H,2-6H2,1H3;1H. The third kappa shape index (κ3) is 3.77. The van der Waals surface area contributed by atoms with Gasteiger partial charge in [-0.3, -0.25) is 0 Å². The van der Waals surface area contributed by atoms with E-state index >= 15 is 0 Å². The van der Waals surface area contributed by atoms with Gasteiger partial charge in [0, 0.05) is 6.54 Å². The van der Waals surface area contributed by atoms with Gasteiger partial charge in [0.05, 0.1) is 18.8 Å². The molecule has 0 bridgehead atoms. The zero-order valence-electron chi connectivity index (χ0n) is 10.0. The van der Waals surface area contributed by atoms with Crippen LogP contribution >= 0.6 is 12.4 Å². The molecule has 5 unspecified atom stereocenters. The van der Waals surface area contributed by atoms with Crippen LogP contribution in [-0.2, 0) is 9.47 Å². The minimum absolute atomic E-state index is 0.